The van der Waals surface area contributed by atoms with Gasteiger partial charge in [-0.15, -0.1) is 0 Å². The lowest BCUT2D eigenvalue weighted by molar-refractivity contribution is 0.00136. The number of benzene rings is 3. The van der Waals surface area contributed by atoms with Crippen molar-refractivity contribution >= 4 is 18.2 Å². The Hall–Kier alpha value is -4.33. The third-order valence-electron chi connectivity index (χ3n) is 7.15. The van der Waals surface area contributed by atoms with Gasteiger partial charge in [0, 0.05) is 25.6 Å². The third kappa shape index (κ3) is 5.46. The fourth-order valence-electron chi connectivity index (χ4n) is 5.30. The molecule has 3 aromatic carbocycles. The molecule has 5 rings (SSSR count). The highest BCUT2D eigenvalue weighted by Gasteiger charge is 2.37. The Morgan fingerprint density at radius 3 is 2.00 bits per heavy atom. The normalized spacial score (nSPS) is 16.8. The quantitative estimate of drug-likeness (QED) is 0.451. The number of ether oxygens (including phenoxy) is 2. The van der Waals surface area contributed by atoms with Gasteiger partial charge in [-0.05, 0) is 60.7 Å². The van der Waals surface area contributed by atoms with E-state index >= 15 is 0 Å². The Kier molecular flexibility index (Phi) is 7.04. The van der Waals surface area contributed by atoms with Gasteiger partial charge in [-0.2, -0.15) is 0 Å². The van der Waals surface area contributed by atoms with Crippen molar-refractivity contribution in [2.45, 2.75) is 38.3 Å². The molecule has 0 radical (unpaired) electrons. The average molecular weight is 529 g/mol. The SMILES string of the molecule is CC(C)(C)OC(=O)N1CCN(C(=O)OCC2c3ccccc3-c3ccccc32)C(c2ccc(C(=O)O)cc2)C1. The summed E-state index contributed by atoms with van der Waals surface area (Å²) in [6.07, 6.45) is -0.935. The van der Waals surface area contributed by atoms with Crippen molar-refractivity contribution < 1.29 is 29.0 Å². The van der Waals surface area contributed by atoms with Crippen LogP contribution in [-0.2, 0) is 9.47 Å². The summed E-state index contributed by atoms with van der Waals surface area (Å²) in [5.41, 5.74) is 4.75. The van der Waals surface area contributed by atoms with Gasteiger partial charge in [0.2, 0.25) is 0 Å². The number of carboxylic acids is 1. The number of rotatable bonds is 4. The van der Waals surface area contributed by atoms with Gasteiger partial charge in [0.15, 0.2) is 0 Å². The lowest BCUT2D eigenvalue weighted by Gasteiger charge is -2.41. The van der Waals surface area contributed by atoms with Crippen LogP contribution in [0.5, 0.6) is 0 Å². The molecule has 0 spiro atoms. The Morgan fingerprint density at radius 2 is 1.44 bits per heavy atom. The average Bonchev–Trinajstić information content (AvgIpc) is 3.24. The maximum Gasteiger partial charge on any atom is 0.410 e. The van der Waals surface area contributed by atoms with Gasteiger partial charge >= 0.3 is 18.2 Å². The molecule has 1 aliphatic carbocycles. The summed E-state index contributed by atoms with van der Waals surface area (Å²) in [5, 5.41) is 9.31. The second kappa shape index (κ2) is 10.4. The molecule has 2 amide bonds. The number of aromatic carboxylic acids is 1. The molecular weight excluding hydrogens is 496 g/mol. The van der Waals surface area contributed by atoms with E-state index < -0.39 is 29.8 Å². The van der Waals surface area contributed by atoms with Crippen molar-refractivity contribution in [1.29, 1.82) is 0 Å². The first kappa shape index (κ1) is 26.3. The van der Waals surface area contributed by atoms with E-state index in [0.717, 1.165) is 22.3 Å². The number of fused-ring (bicyclic) bond motifs is 3. The molecule has 1 N–H and O–H groups in total. The van der Waals surface area contributed by atoms with Crippen LogP contribution in [-0.4, -0.2) is 64.9 Å². The smallest absolute Gasteiger partial charge is 0.410 e. The number of carboxylic acid groups (broad SMARTS) is 1. The predicted molar refractivity (Wildman–Crippen MR) is 146 cm³/mol. The van der Waals surface area contributed by atoms with E-state index in [1.165, 1.54) is 12.1 Å². The second-order valence-corrected chi connectivity index (χ2v) is 10.9. The molecule has 1 heterocycles. The maximum atomic E-state index is 13.5. The van der Waals surface area contributed by atoms with Crippen molar-refractivity contribution in [3.05, 3.63) is 95.1 Å². The first-order valence-electron chi connectivity index (χ1n) is 13.0. The lowest BCUT2D eigenvalue weighted by Crippen LogP contribution is -2.53. The van der Waals surface area contributed by atoms with Crippen LogP contribution in [0.3, 0.4) is 0 Å². The van der Waals surface area contributed by atoms with E-state index in [-0.39, 0.29) is 31.2 Å². The summed E-state index contributed by atoms with van der Waals surface area (Å²) < 4.78 is 11.5. The minimum atomic E-state index is -1.03. The van der Waals surface area contributed by atoms with Gasteiger partial charge in [0.05, 0.1) is 11.6 Å². The summed E-state index contributed by atoms with van der Waals surface area (Å²) in [6, 6.07) is 22.1. The molecule has 1 fully saturated rings. The van der Waals surface area contributed by atoms with E-state index in [9.17, 15) is 19.5 Å². The number of carbonyl (C=O) groups excluding carboxylic acids is 2. The van der Waals surface area contributed by atoms with Crippen LogP contribution < -0.4 is 0 Å². The molecule has 39 heavy (non-hydrogen) atoms. The van der Waals surface area contributed by atoms with Crippen LogP contribution in [0.15, 0.2) is 72.8 Å². The van der Waals surface area contributed by atoms with Crippen LogP contribution in [0.25, 0.3) is 11.1 Å². The van der Waals surface area contributed by atoms with E-state index in [1.807, 2.05) is 24.3 Å². The molecule has 8 nitrogen and oxygen atoms in total. The van der Waals surface area contributed by atoms with Gasteiger partial charge in [-0.1, -0.05) is 60.7 Å². The molecule has 3 aromatic rings. The van der Waals surface area contributed by atoms with Crippen molar-refractivity contribution in [3.63, 3.8) is 0 Å². The first-order chi connectivity index (χ1) is 18.6. The highest BCUT2D eigenvalue weighted by molar-refractivity contribution is 5.87. The van der Waals surface area contributed by atoms with Crippen LogP contribution in [0, 0.1) is 0 Å². The Bertz CT molecular complexity index is 1350. The summed E-state index contributed by atoms with van der Waals surface area (Å²) in [5.74, 6) is -1.10. The molecule has 1 atom stereocenters. The second-order valence-electron chi connectivity index (χ2n) is 10.9. The Morgan fingerprint density at radius 1 is 0.846 bits per heavy atom. The van der Waals surface area contributed by atoms with Gasteiger partial charge in [-0.3, -0.25) is 4.90 Å². The predicted octanol–water partition coefficient (Wildman–Crippen LogP) is 5.93. The molecule has 0 saturated carbocycles. The standard InChI is InChI=1S/C31H32N2O6/c1-31(2,3)39-29(36)32-16-17-33(27(18-32)20-12-14-21(15-13-20)28(34)35)30(37)38-19-26-24-10-6-4-8-22(24)23-9-5-7-11-25(23)26/h4-15,26-27H,16-19H2,1-3H3,(H,34,35). The van der Waals surface area contributed by atoms with E-state index in [1.54, 1.807) is 42.7 Å². The van der Waals surface area contributed by atoms with Crippen molar-refractivity contribution in [3.8, 4) is 11.1 Å². The van der Waals surface area contributed by atoms with Crippen LogP contribution in [0.4, 0.5) is 9.59 Å². The summed E-state index contributed by atoms with van der Waals surface area (Å²) in [7, 11) is 0. The number of piperazine rings is 1. The number of hydrogen-bond acceptors (Lipinski definition) is 5. The van der Waals surface area contributed by atoms with Crippen molar-refractivity contribution in [1.82, 2.24) is 9.80 Å². The van der Waals surface area contributed by atoms with E-state index in [4.69, 9.17) is 9.47 Å². The van der Waals surface area contributed by atoms with Gasteiger partial charge < -0.3 is 19.5 Å². The molecule has 0 aromatic heterocycles. The molecule has 2 aliphatic rings. The number of hydrogen-bond donors (Lipinski definition) is 1. The first-order valence-corrected chi connectivity index (χ1v) is 13.0. The summed E-state index contributed by atoms with van der Waals surface area (Å²) in [4.78, 5) is 40.9. The van der Waals surface area contributed by atoms with Crippen LogP contribution in [0.2, 0.25) is 0 Å². The minimum Gasteiger partial charge on any atom is -0.478 e. The van der Waals surface area contributed by atoms with Gasteiger partial charge in [0.25, 0.3) is 0 Å². The van der Waals surface area contributed by atoms with Crippen LogP contribution >= 0.6 is 0 Å². The zero-order valence-electron chi connectivity index (χ0n) is 22.3. The number of amides is 2. The maximum absolute atomic E-state index is 13.5. The fraction of sp³-hybridized carbons (Fsp3) is 0.323. The lowest BCUT2D eigenvalue weighted by atomic mass is 9.98. The highest BCUT2D eigenvalue weighted by Crippen LogP contribution is 2.44. The minimum absolute atomic E-state index is 0.0716. The van der Waals surface area contributed by atoms with E-state index in [2.05, 4.69) is 24.3 Å². The third-order valence-corrected chi connectivity index (χ3v) is 7.15. The Labute approximate surface area is 227 Å². The topological polar surface area (TPSA) is 96.4 Å². The largest absolute Gasteiger partial charge is 0.478 e. The molecule has 202 valence electrons. The molecule has 1 unspecified atom stereocenters. The highest BCUT2D eigenvalue weighted by atomic mass is 16.6. The Balaban J connectivity index is 1.36. The monoisotopic (exact) mass is 528 g/mol. The molecule has 0 bridgehead atoms. The van der Waals surface area contributed by atoms with E-state index in [0.29, 0.717) is 12.1 Å². The zero-order valence-corrected chi connectivity index (χ0v) is 22.3. The fourth-order valence-corrected chi connectivity index (χ4v) is 5.30. The number of carbonyl (C=O) groups is 3. The van der Waals surface area contributed by atoms with Crippen molar-refractivity contribution in [2.24, 2.45) is 0 Å². The molecular formula is C31H32N2O6. The molecule has 1 aliphatic heterocycles. The van der Waals surface area contributed by atoms with Gasteiger partial charge in [-0.25, -0.2) is 14.4 Å². The van der Waals surface area contributed by atoms with Crippen LogP contribution in [0.1, 0.15) is 59.8 Å². The summed E-state index contributed by atoms with van der Waals surface area (Å²) >= 11 is 0. The molecule has 8 heteroatoms. The van der Waals surface area contributed by atoms with Gasteiger partial charge in [0.1, 0.15) is 12.2 Å². The zero-order chi connectivity index (χ0) is 27.7. The molecule has 1 saturated heterocycles. The number of nitrogens with zero attached hydrogens (tertiary/aromatic N) is 2. The summed E-state index contributed by atoms with van der Waals surface area (Å²) in [6.45, 7) is 6.35. The van der Waals surface area contributed by atoms with Crippen molar-refractivity contribution in [2.75, 3.05) is 26.2 Å².